The lowest BCUT2D eigenvalue weighted by molar-refractivity contribution is -0.297. The Hall–Kier alpha value is 1.01. The molecule has 0 fully saturated rings. The first kappa shape index (κ1) is 20.4. The summed E-state index contributed by atoms with van der Waals surface area (Å²) >= 11 is 0. The van der Waals surface area contributed by atoms with Gasteiger partial charge in [0.25, 0.3) is 0 Å². The molecule has 0 bridgehead atoms. The van der Waals surface area contributed by atoms with E-state index in [1.165, 1.54) is 0 Å². The highest BCUT2D eigenvalue weighted by Gasteiger charge is 2.03. The zero-order chi connectivity index (χ0) is 12.6. The van der Waals surface area contributed by atoms with Gasteiger partial charge in [-0.1, -0.05) is 8.25 Å². The molecule has 3 nitrogen and oxygen atoms in total. The molecule has 0 aromatic carbocycles. The van der Waals surface area contributed by atoms with E-state index in [0.717, 1.165) is 0 Å². The average Bonchev–Trinajstić information content (AvgIpc) is 1.45. The summed E-state index contributed by atoms with van der Waals surface area (Å²) in [6.07, 6.45) is 0. The molecule has 0 aliphatic carbocycles. The molecule has 90 valence electrons. The molecule has 0 aromatic rings. The molecule has 0 atom stereocenters. The van der Waals surface area contributed by atoms with Crippen LogP contribution in [0.5, 0.6) is 0 Å². The van der Waals surface area contributed by atoms with Crippen LogP contribution in [0.2, 0.25) is 0 Å². The lowest BCUT2D eigenvalue weighted by atomic mass is 11.8. The van der Waals surface area contributed by atoms with E-state index < -0.39 is 8.25 Å². The molecule has 0 radical (unpaired) electrons. The van der Waals surface area contributed by atoms with Gasteiger partial charge in [0.2, 0.25) is 0 Å². The van der Waals surface area contributed by atoms with Crippen molar-refractivity contribution in [2.75, 3.05) is 53.3 Å². The number of rotatable bonds is 0. The second-order valence-electron chi connectivity index (χ2n) is 5.62. The highest BCUT2D eigenvalue weighted by Crippen LogP contribution is 2.40. The minimum Gasteiger partial charge on any atom is -0.813 e. The van der Waals surface area contributed by atoms with Crippen molar-refractivity contribution < 1.29 is 14.4 Å². The molecule has 0 heterocycles. The quantitative estimate of drug-likeness (QED) is 0.615. The summed E-state index contributed by atoms with van der Waals surface area (Å²) in [4.78, 5) is 17.0. The van der Waals surface area contributed by atoms with Gasteiger partial charge in [0.15, 0.2) is 0 Å². The van der Waals surface area contributed by atoms with E-state index in [1.54, 1.807) is 0 Å². The van der Waals surface area contributed by atoms with Crippen LogP contribution in [0.15, 0.2) is 0 Å². The Morgan fingerprint density at radius 3 is 0.714 bits per heavy atom. The summed E-state index contributed by atoms with van der Waals surface area (Å²) in [5, 5.41) is 0. The molecule has 0 saturated carbocycles. The SMILES string of the molecule is C[P+](C)(C)C.C[P+](C)(C)C.O=[PH]([O-])[O-]. The third kappa shape index (κ3) is 1840. The molecular weight excluding hydrogens is 237 g/mol. The van der Waals surface area contributed by atoms with E-state index in [9.17, 15) is 0 Å². The van der Waals surface area contributed by atoms with Crippen molar-refractivity contribution in [3.05, 3.63) is 0 Å². The largest absolute Gasteiger partial charge is 0.813 e. The van der Waals surface area contributed by atoms with Gasteiger partial charge >= 0.3 is 0 Å². The summed E-state index contributed by atoms with van der Waals surface area (Å²) < 4.78 is 8.52. The summed E-state index contributed by atoms with van der Waals surface area (Å²) in [5.74, 6) is 0. The summed E-state index contributed by atoms with van der Waals surface area (Å²) in [7, 11) is -4.41. The maximum absolute atomic E-state index is 8.52. The van der Waals surface area contributed by atoms with Crippen LogP contribution in [0.4, 0.5) is 0 Å². The van der Waals surface area contributed by atoms with E-state index >= 15 is 0 Å². The number of hydrogen-bond donors (Lipinski definition) is 0. The Morgan fingerprint density at radius 2 is 0.714 bits per heavy atom. The van der Waals surface area contributed by atoms with Gasteiger partial charge in [-0.3, -0.25) is 0 Å². The van der Waals surface area contributed by atoms with Crippen LogP contribution >= 0.6 is 22.8 Å². The van der Waals surface area contributed by atoms with Gasteiger partial charge in [-0.2, -0.15) is 0 Å². The fourth-order valence-electron chi connectivity index (χ4n) is 0. The summed E-state index contributed by atoms with van der Waals surface area (Å²) in [5.41, 5.74) is 0. The van der Waals surface area contributed by atoms with Gasteiger partial charge in [0.1, 0.15) is 0 Å². The average molecular weight is 262 g/mol. The molecule has 0 unspecified atom stereocenters. The van der Waals surface area contributed by atoms with E-state index in [4.69, 9.17) is 14.4 Å². The van der Waals surface area contributed by atoms with Gasteiger partial charge in [-0.15, -0.1) is 0 Å². The Labute approximate surface area is 90.9 Å². The molecule has 6 heteroatoms. The van der Waals surface area contributed by atoms with Gasteiger partial charge in [0.05, 0.1) is 0 Å². The predicted molar refractivity (Wildman–Crippen MR) is 70.2 cm³/mol. The van der Waals surface area contributed by atoms with Crippen molar-refractivity contribution >= 4 is 22.8 Å². The maximum Gasteiger partial charge on any atom is 0.0481 e. The molecule has 0 amide bonds. The third-order valence-corrected chi connectivity index (χ3v) is 0. The zero-order valence-corrected chi connectivity index (χ0v) is 13.4. The van der Waals surface area contributed by atoms with Crippen molar-refractivity contribution in [3.63, 3.8) is 0 Å². The van der Waals surface area contributed by atoms with E-state index in [-0.39, 0.29) is 14.5 Å². The minimum atomic E-state index is -3.63. The third-order valence-electron chi connectivity index (χ3n) is 0. The lowest BCUT2D eigenvalue weighted by Gasteiger charge is -2.03. The molecule has 0 spiro atoms. The Morgan fingerprint density at radius 1 is 0.714 bits per heavy atom. The van der Waals surface area contributed by atoms with Crippen molar-refractivity contribution in [1.29, 1.82) is 0 Å². The van der Waals surface area contributed by atoms with Crippen molar-refractivity contribution in [3.8, 4) is 0 Å². The topological polar surface area (TPSA) is 63.2 Å². The molecule has 0 aliphatic rings. The zero-order valence-electron chi connectivity index (χ0n) is 10.6. The fraction of sp³-hybridized carbons (Fsp3) is 1.00. The highest BCUT2D eigenvalue weighted by atomic mass is 31.2. The maximum atomic E-state index is 8.52. The first-order valence-corrected chi connectivity index (χ1v) is 12.6. The highest BCUT2D eigenvalue weighted by molar-refractivity contribution is 7.73. The Balaban J connectivity index is -0.000000131. The van der Waals surface area contributed by atoms with Crippen molar-refractivity contribution in [2.45, 2.75) is 0 Å². The van der Waals surface area contributed by atoms with Crippen LogP contribution < -0.4 is 9.79 Å². The Kier molecular flexibility index (Phi) is 13.5. The molecular formula is C8H25O3P3. The first-order chi connectivity index (χ1) is 5.73. The van der Waals surface area contributed by atoms with Gasteiger partial charge in [-0.05, 0) is 0 Å². The molecule has 0 rings (SSSR count). The van der Waals surface area contributed by atoms with Gasteiger partial charge in [0, 0.05) is 67.8 Å². The molecule has 0 N–H and O–H groups in total. The second-order valence-corrected chi connectivity index (χ2v) is 16.8. The predicted octanol–water partition coefficient (Wildman–Crippen LogP) is 1.14. The summed E-state index contributed by atoms with van der Waals surface area (Å²) in [6, 6.07) is 0. The fourth-order valence-corrected chi connectivity index (χ4v) is 0. The summed E-state index contributed by atoms with van der Waals surface area (Å²) in [6.45, 7) is 18.4. The molecule has 0 aliphatic heterocycles. The first-order valence-electron chi connectivity index (χ1n) is 4.19. The van der Waals surface area contributed by atoms with Crippen LogP contribution in [0.3, 0.4) is 0 Å². The van der Waals surface area contributed by atoms with E-state index in [1.807, 2.05) is 0 Å². The molecule has 0 saturated heterocycles. The van der Waals surface area contributed by atoms with Crippen molar-refractivity contribution in [1.82, 2.24) is 0 Å². The van der Waals surface area contributed by atoms with Crippen LogP contribution in [0.1, 0.15) is 0 Å². The van der Waals surface area contributed by atoms with Gasteiger partial charge < -0.3 is 14.4 Å². The standard InChI is InChI=1S/2C4H12P.H3O3P/c2*1-5(2,3)4;1-4(2)3/h2*1-4H3;4H,(H2,1,2,3)/q2*+1;/p-2. The monoisotopic (exact) mass is 262 g/mol. The van der Waals surface area contributed by atoms with Crippen LogP contribution in [0.25, 0.3) is 0 Å². The number of hydrogen-bond acceptors (Lipinski definition) is 3. The normalized spacial score (nSPS) is 11.1. The van der Waals surface area contributed by atoms with Crippen LogP contribution in [-0.4, -0.2) is 53.3 Å². The van der Waals surface area contributed by atoms with Crippen LogP contribution in [-0.2, 0) is 4.57 Å². The lowest BCUT2D eigenvalue weighted by Crippen LogP contribution is -1.97. The molecule has 0 aromatic heterocycles. The second kappa shape index (κ2) is 9.25. The van der Waals surface area contributed by atoms with Gasteiger partial charge in [-0.25, -0.2) is 0 Å². The van der Waals surface area contributed by atoms with Crippen LogP contribution in [0, 0.1) is 0 Å². The Bertz CT molecular complexity index is 119. The van der Waals surface area contributed by atoms with Crippen molar-refractivity contribution in [2.24, 2.45) is 0 Å². The minimum absolute atomic E-state index is 0.389. The molecule has 14 heavy (non-hydrogen) atoms. The smallest absolute Gasteiger partial charge is 0.0481 e. The van der Waals surface area contributed by atoms with E-state index in [2.05, 4.69) is 53.3 Å². The van der Waals surface area contributed by atoms with E-state index in [0.29, 0.717) is 0 Å².